The number of nitrogens with zero attached hydrogens (tertiary/aromatic N) is 1. The molecule has 1 aliphatic heterocycles. The second-order valence-electron chi connectivity index (χ2n) is 9.37. The van der Waals surface area contributed by atoms with Crippen LogP contribution in [0.2, 0.25) is 5.02 Å². The first-order valence-corrected chi connectivity index (χ1v) is 11.3. The molecule has 1 fully saturated rings. The molecule has 2 aromatic carbocycles. The van der Waals surface area contributed by atoms with Crippen LogP contribution in [0.4, 0.5) is 26.3 Å². The minimum atomic E-state index is -4.99. The third-order valence-electron chi connectivity index (χ3n) is 5.33. The Kier molecular flexibility index (Phi) is 8.27. The number of alkyl halides is 6. The Hall–Kier alpha value is -2.36. The minimum Gasteiger partial charge on any atom is -0.366 e. The highest BCUT2D eigenvalue weighted by Crippen LogP contribution is 2.40. The van der Waals surface area contributed by atoms with Crippen molar-refractivity contribution >= 4 is 17.5 Å². The highest BCUT2D eigenvalue weighted by Gasteiger charge is 2.41. The monoisotopic (exact) mass is 535 g/mol. The summed E-state index contributed by atoms with van der Waals surface area (Å²) in [7, 11) is 0. The summed E-state index contributed by atoms with van der Waals surface area (Å²) in [4.78, 5) is 17.8. The van der Waals surface area contributed by atoms with Crippen LogP contribution >= 0.6 is 11.6 Å². The highest BCUT2D eigenvalue weighted by atomic mass is 35.5. The third-order valence-corrected chi connectivity index (χ3v) is 5.57. The van der Waals surface area contributed by atoms with Crippen molar-refractivity contribution in [3.63, 3.8) is 0 Å². The van der Waals surface area contributed by atoms with E-state index in [1.165, 1.54) is 0 Å². The number of rotatable bonds is 5. The molecule has 0 saturated carbocycles. The average molecular weight is 536 g/mol. The van der Waals surface area contributed by atoms with Gasteiger partial charge in [-0.05, 0) is 68.7 Å². The van der Waals surface area contributed by atoms with Gasteiger partial charge >= 0.3 is 12.4 Å². The van der Waals surface area contributed by atoms with E-state index in [1.807, 2.05) is 26.7 Å². The molecular weight excluding hydrogens is 512 g/mol. The molecule has 36 heavy (non-hydrogen) atoms. The van der Waals surface area contributed by atoms with Crippen LogP contribution in [-0.4, -0.2) is 29.3 Å². The highest BCUT2D eigenvalue weighted by molar-refractivity contribution is 6.30. The van der Waals surface area contributed by atoms with Gasteiger partial charge in [-0.1, -0.05) is 23.7 Å². The molecule has 2 aromatic rings. The Balaban J connectivity index is 2.02. The zero-order valence-corrected chi connectivity index (χ0v) is 20.4. The second-order valence-corrected chi connectivity index (χ2v) is 9.80. The van der Waals surface area contributed by atoms with E-state index >= 15 is 0 Å². The zero-order valence-electron chi connectivity index (χ0n) is 19.6. The van der Waals surface area contributed by atoms with Crippen LogP contribution in [-0.2, 0) is 33.3 Å². The minimum absolute atomic E-state index is 0.0501. The predicted octanol–water partition coefficient (Wildman–Crippen LogP) is 7.20. The summed E-state index contributed by atoms with van der Waals surface area (Å²) in [5, 5.41) is 1.97. The molecular formula is C25H24ClF6NO3. The number of hydrogen-bond donors (Lipinski definition) is 0. The molecule has 11 heteroatoms. The summed E-state index contributed by atoms with van der Waals surface area (Å²) in [6.07, 6.45) is -10.9. The Morgan fingerprint density at radius 3 is 2.11 bits per heavy atom. The standard InChI is InChI=1S/C25H24ClF6NO3/c1-23(2,3)36-33-8-7-17(13-34)22(21(33)16-5-4-6-20(26)11-16)35-14-15-9-18(24(27,28)29)12-19(10-15)25(30,31)32/h4-6,9-12,21-22H,7-8,14H2,1-3H3/t21-,22-/m0/s1. The van der Waals surface area contributed by atoms with Crippen molar-refractivity contribution in [2.45, 2.75) is 63.9 Å². The van der Waals surface area contributed by atoms with Crippen LogP contribution in [0.1, 0.15) is 55.5 Å². The quantitative estimate of drug-likeness (QED) is 0.300. The molecule has 0 aliphatic carbocycles. The molecule has 0 aromatic heterocycles. The Bertz CT molecular complexity index is 1100. The lowest BCUT2D eigenvalue weighted by Crippen LogP contribution is -2.47. The number of halogens is 7. The van der Waals surface area contributed by atoms with Crippen molar-refractivity contribution in [1.29, 1.82) is 0 Å². The van der Waals surface area contributed by atoms with Crippen LogP contribution in [0.25, 0.3) is 0 Å². The third kappa shape index (κ3) is 7.11. The first kappa shape index (κ1) is 28.2. The van der Waals surface area contributed by atoms with Crippen molar-refractivity contribution in [1.82, 2.24) is 5.06 Å². The molecule has 196 valence electrons. The SMILES string of the molecule is CC(C)(C)ON1CCC(=C=O)[C@H](OCc2cc(C(F)(F)F)cc(C(F)(F)F)c2)[C@@H]1c1cccc(Cl)c1. The van der Waals surface area contributed by atoms with Gasteiger partial charge in [0, 0.05) is 17.1 Å². The van der Waals surface area contributed by atoms with Gasteiger partial charge < -0.3 is 4.74 Å². The summed E-state index contributed by atoms with van der Waals surface area (Å²) in [6, 6.07) is 7.13. The van der Waals surface area contributed by atoms with Crippen LogP contribution < -0.4 is 0 Å². The van der Waals surface area contributed by atoms with Crippen LogP contribution in [0.3, 0.4) is 0 Å². The number of hydroxylamine groups is 2. The predicted molar refractivity (Wildman–Crippen MR) is 121 cm³/mol. The molecule has 1 heterocycles. The van der Waals surface area contributed by atoms with Gasteiger partial charge in [0.2, 0.25) is 0 Å². The Labute approximate surface area is 209 Å². The lowest BCUT2D eigenvalue weighted by Gasteiger charge is -2.43. The Morgan fingerprint density at radius 1 is 1.00 bits per heavy atom. The molecule has 1 saturated heterocycles. The van der Waals surface area contributed by atoms with Gasteiger partial charge in [0.1, 0.15) is 12.0 Å². The van der Waals surface area contributed by atoms with Gasteiger partial charge in [-0.2, -0.15) is 31.4 Å². The smallest absolute Gasteiger partial charge is 0.366 e. The molecule has 0 radical (unpaired) electrons. The van der Waals surface area contributed by atoms with Crippen molar-refractivity contribution in [2.75, 3.05) is 6.54 Å². The van der Waals surface area contributed by atoms with E-state index in [0.717, 1.165) is 0 Å². The van der Waals surface area contributed by atoms with Crippen LogP contribution in [0.5, 0.6) is 0 Å². The lowest BCUT2D eigenvalue weighted by atomic mass is 9.90. The molecule has 0 amide bonds. The molecule has 3 rings (SSSR count). The molecule has 0 bridgehead atoms. The second kappa shape index (κ2) is 10.6. The summed E-state index contributed by atoms with van der Waals surface area (Å²) in [5.74, 6) is 1.83. The van der Waals surface area contributed by atoms with Crippen molar-refractivity contribution < 1.29 is 40.7 Å². The molecule has 0 N–H and O–H groups in total. The Morgan fingerprint density at radius 2 is 1.61 bits per heavy atom. The van der Waals surface area contributed by atoms with Crippen molar-refractivity contribution in [3.8, 4) is 0 Å². The lowest BCUT2D eigenvalue weighted by molar-refractivity contribution is -0.272. The van der Waals surface area contributed by atoms with E-state index in [2.05, 4.69) is 0 Å². The summed E-state index contributed by atoms with van der Waals surface area (Å²) in [5.41, 5.74) is -3.13. The largest absolute Gasteiger partial charge is 0.416 e. The number of ether oxygens (including phenoxy) is 1. The van der Waals surface area contributed by atoms with E-state index in [1.54, 1.807) is 29.3 Å². The summed E-state index contributed by atoms with van der Waals surface area (Å²) >= 11 is 6.16. The maximum atomic E-state index is 13.3. The average Bonchev–Trinajstić information content (AvgIpc) is 2.75. The first-order chi connectivity index (χ1) is 16.6. The van der Waals surface area contributed by atoms with E-state index in [-0.39, 0.29) is 30.2 Å². The van der Waals surface area contributed by atoms with Gasteiger partial charge in [-0.15, -0.1) is 0 Å². The van der Waals surface area contributed by atoms with Crippen molar-refractivity contribution in [3.05, 3.63) is 75.3 Å². The van der Waals surface area contributed by atoms with E-state index in [4.69, 9.17) is 21.2 Å². The van der Waals surface area contributed by atoms with Gasteiger partial charge in [-0.3, -0.25) is 4.84 Å². The fourth-order valence-electron chi connectivity index (χ4n) is 3.93. The van der Waals surface area contributed by atoms with E-state index in [0.29, 0.717) is 22.7 Å². The van der Waals surface area contributed by atoms with Crippen molar-refractivity contribution in [2.24, 2.45) is 0 Å². The zero-order chi connectivity index (χ0) is 26.9. The maximum Gasteiger partial charge on any atom is 0.416 e. The summed E-state index contributed by atoms with van der Waals surface area (Å²) < 4.78 is 85.5. The van der Waals surface area contributed by atoms with Gasteiger partial charge in [-0.25, -0.2) is 4.79 Å². The molecule has 0 unspecified atom stereocenters. The van der Waals surface area contributed by atoms with Gasteiger partial charge in [0.15, 0.2) is 0 Å². The molecule has 4 nitrogen and oxygen atoms in total. The number of benzene rings is 2. The maximum absolute atomic E-state index is 13.3. The number of hydrogen-bond acceptors (Lipinski definition) is 4. The molecule has 1 aliphatic rings. The topological polar surface area (TPSA) is 38.8 Å². The van der Waals surface area contributed by atoms with Gasteiger partial charge in [0.25, 0.3) is 0 Å². The number of carbonyl (C=O) groups excluding carboxylic acids is 1. The fraction of sp³-hybridized carbons (Fsp3) is 0.440. The fourth-order valence-corrected chi connectivity index (χ4v) is 4.13. The van der Waals surface area contributed by atoms with Gasteiger partial charge in [0.05, 0.1) is 29.4 Å². The van der Waals surface area contributed by atoms with E-state index in [9.17, 15) is 31.1 Å². The van der Waals surface area contributed by atoms with Crippen LogP contribution in [0.15, 0.2) is 48.0 Å². The normalized spacial score (nSPS) is 19.9. The first-order valence-electron chi connectivity index (χ1n) is 10.9. The van der Waals surface area contributed by atoms with Crippen LogP contribution in [0, 0.1) is 0 Å². The summed E-state index contributed by atoms with van der Waals surface area (Å²) in [6.45, 7) is 5.09. The molecule has 2 atom stereocenters. The van der Waals surface area contributed by atoms with E-state index < -0.39 is 47.8 Å². The number of piperidine rings is 1. The molecule has 0 spiro atoms.